The Morgan fingerprint density at radius 1 is 0.800 bits per heavy atom. The van der Waals surface area contributed by atoms with Crippen molar-refractivity contribution >= 4 is 21.8 Å². The van der Waals surface area contributed by atoms with Crippen molar-refractivity contribution in [2.24, 2.45) is 53.8 Å². The van der Waals surface area contributed by atoms with E-state index in [9.17, 15) is 0 Å². The smallest absolute Gasteiger partial charge is 0.233 e. The van der Waals surface area contributed by atoms with Gasteiger partial charge in [-0.15, -0.1) is 20.4 Å². The summed E-state index contributed by atoms with van der Waals surface area (Å²) < 4.78 is 0. The zero-order valence-corrected chi connectivity index (χ0v) is 8.22. The molecule has 0 unspecified atom stereocenters. The molecule has 2 rings (SSSR count). The summed E-state index contributed by atoms with van der Waals surface area (Å²) in [6, 6.07) is 0. The largest absolute Gasteiger partial charge is 0.287 e. The Balaban J connectivity index is 2.13. The summed E-state index contributed by atoms with van der Waals surface area (Å²) in [5, 5.41) is 21.4. The Morgan fingerprint density at radius 3 is 1.47 bits per heavy atom. The first-order valence-electron chi connectivity index (χ1n) is 3.76. The normalized spacial score (nSPS) is 25.6. The van der Waals surface area contributed by atoms with E-state index in [4.69, 9.17) is 22.9 Å². The first-order chi connectivity index (χ1) is 6.92. The van der Waals surface area contributed by atoms with Crippen LogP contribution in [-0.2, 0) is 0 Å². The van der Waals surface area contributed by atoms with Crippen LogP contribution in [0, 0.1) is 0 Å². The molecule has 80 valence electrons. The van der Waals surface area contributed by atoms with Crippen LogP contribution in [0.25, 0.3) is 0 Å². The fraction of sp³-hybridized carbons (Fsp3) is 0.500. The van der Waals surface area contributed by atoms with E-state index in [1.807, 2.05) is 0 Å². The topological polar surface area (TPSA) is 178 Å². The maximum atomic E-state index is 5.56. The third-order valence-corrected chi connectivity index (χ3v) is 2.77. The van der Waals surface area contributed by atoms with Crippen LogP contribution in [0.15, 0.2) is 30.9 Å². The van der Waals surface area contributed by atoms with E-state index in [1.165, 1.54) is 0 Å². The van der Waals surface area contributed by atoms with Gasteiger partial charge in [0.05, 0.1) is 0 Å². The summed E-state index contributed by atoms with van der Waals surface area (Å²) in [7, 11) is 0. The van der Waals surface area contributed by atoms with Crippen LogP contribution in [0.5, 0.6) is 0 Å². The summed E-state index contributed by atoms with van der Waals surface area (Å²) in [5.41, 5.74) is 22.2. The molecule has 0 bridgehead atoms. The molecule has 0 saturated heterocycles. The maximum Gasteiger partial charge on any atom is 0.233 e. The second-order valence-corrected chi connectivity index (χ2v) is 3.92. The molecule has 0 spiro atoms. The highest BCUT2D eigenvalue weighted by atomic mass is 32.2. The average Bonchev–Trinajstić information content (AvgIpc) is 2.58. The first-order valence-corrected chi connectivity index (χ1v) is 4.57. The van der Waals surface area contributed by atoms with Crippen LogP contribution in [0.4, 0.5) is 0 Å². The minimum Gasteiger partial charge on any atom is -0.287 e. The molecule has 0 aromatic carbocycles. The van der Waals surface area contributed by atoms with Crippen LogP contribution >= 0.6 is 11.8 Å². The number of nitrogens with two attached hydrogens (primary N) is 4. The lowest BCUT2D eigenvalue weighted by molar-refractivity contribution is 0.617. The molecule has 8 N–H and O–H groups in total. The third-order valence-electron chi connectivity index (χ3n) is 1.57. The lowest BCUT2D eigenvalue weighted by Gasteiger charge is -2.18. The Morgan fingerprint density at radius 2 is 1.20 bits per heavy atom. The van der Waals surface area contributed by atoms with Crippen molar-refractivity contribution in [1.29, 1.82) is 0 Å². The van der Waals surface area contributed by atoms with E-state index >= 15 is 0 Å². The first kappa shape index (κ1) is 10.3. The van der Waals surface area contributed by atoms with E-state index in [0.717, 1.165) is 11.8 Å². The fourth-order valence-electron chi connectivity index (χ4n) is 0.816. The number of thioether (sulfide) groups is 1. The molecule has 0 aromatic rings. The van der Waals surface area contributed by atoms with Gasteiger partial charge < -0.3 is 0 Å². The van der Waals surface area contributed by atoms with Crippen LogP contribution in [0.3, 0.4) is 0 Å². The van der Waals surface area contributed by atoms with Gasteiger partial charge in [-0.3, -0.25) is 22.9 Å². The molecule has 10 nitrogen and oxygen atoms in total. The van der Waals surface area contributed by atoms with Gasteiger partial charge >= 0.3 is 0 Å². The lowest BCUT2D eigenvalue weighted by atomic mass is 10.4. The zero-order valence-electron chi connectivity index (χ0n) is 7.40. The number of rotatable bonds is 0. The van der Waals surface area contributed by atoms with E-state index in [-0.39, 0.29) is 10.1 Å². The van der Waals surface area contributed by atoms with Crippen molar-refractivity contribution in [2.45, 2.75) is 11.6 Å². The Hall–Kier alpha value is -1.27. The van der Waals surface area contributed by atoms with E-state index in [0.29, 0.717) is 0 Å². The molecule has 2 heterocycles. The minimum atomic E-state index is -1.47. The molecule has 0 radical (unpaired) electrons. The predicted octanol–water partition coefficient (Wildman–Crippen LogP) is -1.58. The standard InChI is InChI=1S/C4H8N10S/c5-3(6)1(9-13-11-3)15-2-4(7,8)12-14-10-2/h5-8H2. The summed E-state index contributed by atoms with van der Waals surface area (Å²) in [6.07, 6.45) is 0. The van der Waals surface area contributed by atoms with Gasteiger partial charge in [0.1, 0.15) is 0 Å². The average molecular weight is 228 g/mol. The minimum absolute atomic E-state index is 0.230. The molecular formula is C4H8N10S. The number of nitrogens with zero attached hydrogens (tertiary/aromatic N) is 6. The van der Waals surface area contributed by atoms with Crippen molar-refractivity contribution in [1.82, 2.24) is 0 Å². The third kappa shape index (κ3) is 1.78. The Bertz CT molecular complexity index is 364. The molecule has 0 aromatic heterocycles. The molecule has 2 aliphatic rings. The van der Waals surface area contributed by atoms with Crippen molar-refractivity contribution in [3.05, 3.63) is 0 Å². The van der Waals surface area contributed by atoms with Crippen LogP contribution in [0.2, 0.25) is 0 Å². The van der Waals surface area contributed by atoms with Crippen LogP contribution in [0.1, 0.15) is 0 Å². The highest BCUT2D eigenvalue weighted by molar-refractivity contribution is 8.27. The maximum absolute atomic E-state index is 5.56. The molecule has 0 amide bonds. The van der Waals surface area contributed by atoms with E-state index in [1.54, 1.807) is 0 Å². The second kappa shape index (κ2) is 3.11. The quantitative estimate of drug-likeness (QED) is 0.364. The predicted molar refractivity (Wildman–Crippen MR) is 54.4 cm³/mol. The van der Waals surface area contributed by atoms with Gasteiger partial charge in [-0.2, -0.15) is 0 Å². The fourth-order valence-corrected chi connectivity index (χ4v) is 1.56. The summed E-state index contributed by atoms with van der Waals surface area (Å²) in [4.78, 5) is 0. The number of hydrogen-bond acceptors (Lipinski definition) is 11. The highest BCUT2D eigenvalue weighted by Gasteiger charge is 2.39. The molecule has 0 aliphatic carbocycles. The van der Waals surface area contributed by atoms with Gasteiger partial charge in [0, 0.05) is 0 Å². The Kier molecular flexibility index (Phi) is 2.13. The van der Waals surface area contributed by atoms with Crippen molar-refractivity contribution in [3.63, 3.8) is 0 Å². The molecule has 2 aliphatic heterocycles. The summed E-state index contributed by atoms with van der Waals surface area (Å²) in [5.74, 6) is -2.93. The molecule has 15 heavy (non-hydrogen) atoms. The summed E-state index contributed by atoms with van der Waals surface area (Å²) >= 11 is 0.954. The lowest BCUT2D eigenvalue weighted by Crippen LogP contribution is -2.55. The Labute approximate surface area is 87.9 Å². The molecule has 0 atom stereocenters. The van der Waals surface area contributed by atoms with Gasteiger partial charge in [0.15, 0.2) is 10.1 Å². The molecular weight excluding hydrogens is 220 g/mol. The van der Waals surface area contributed by atoms with Gasteiger partial charge in [-0.1, -0.05) is 0 Å². The second-order valence-electron chi connectivity index (χ2n) is 2.94. The number of hydrogen-bond donors (Lipinski definition) is 4. The van der Waals surface area contributed by atoms with Gasteiger partial charge in [-0.05, 0) is 22.2 Å². The zero-order chi connectivity index (χ0) is 11.1. The van der Waals surface area contributed by atoms with Gasteiger partial charge in [-0.25, -0.2) is 0 Å². The van der Waals surface area contributed by atoms with Gasteiger partial charge in [0.25, 0.3) is 0 Å². The van der Waals surface area contributed by atoms with E-state index < -0.39 is 11.6 Å². The van der Waals surface area contributed by atoms with Crippen LogP contribution < -0.4 is 22.9 Å². The van der Waals surface area contributed by atoms with Crippen molar-refractivity contribution < 1.29 is 0 Å². The van der Waals surface area contributed by atoms with Crippen molar-refractivity contribution in [2.75, 3.05) is 0 Å². The molecule has 11 heteroatoms. The van der Waals surface area contributed by atoms with E-state index in [2.05, 4.69) is 30.9 Å². The highest BCUT2D eigenvalue weighted by Crippen LogP contribution is 2.25. The summed E-state index contributed by atoms with van der Waals surface area (Å²) in [6.45, 7) is 0. The monoisotopic (exact) mass is 228 g/mol. The van der Waals surface area contributed by atoms with Crippen molar-refractivity contribution in [3.8, 4) is 0 Å². The SMILES string of the molecule is NC1(N)N=NN=C1SC1=NN=NC1(N)N. The molecule has 0 fully saturated rings. The van der Waals surface area contributed by atoms with Crippen LogP contribution in [-0.4, -0.2) is 21.7 Å². The van der Waals surface area contributed by atoms with Gasteiger partial charge in [0.2, 0.25) is 11.6 Å². The molecule has 0 saturated carbocycles.